The second-order valence-electron chi connectivity index (χ2n) is 7.06. The van der Waals surface area contributed by atoms with Crippen molar-refractivity contribution in [2.24, 2.45) is 11.3 Å². The summed E-state index contributed by atoms with van der Waals surface area (Å²) >= 11 is 0. The zero-order valence-corrected chi connectivity index (χ0v) is 13.2. The van der Waals surface area contributed by atoms with Crippen LogP contribution in [0.4, 0.5) is 0 Å². The predicted octanol–water partition coefficient (Wildman–Crippen LogP) is 4.42. The van der Waals surface area contributed by atoms with Crippen molar-refractivity contribution in [3.63, 3.8) is 0 Å². The second kappa shape index (κ2) is 5.99. The molecule has 0 saturated carbocycles. The van der Waals surface area contributed by atoms with Gasteiger partial charge < -0.3 is 4.90 Å². The molecule has 0 spiro atoms. The molecule has 110 valence electrons. The Kier molecular flexibility index (Phi) is 4.52. The van der Waals surface area contributed by atoms with Gasteiger partial charge in [-0.15, -0.1) is 0 Å². The van der Waals surface area contributed by atoms with Gasteiger partial charge in [0.05, 0.1) is 6.04 Å². The van der Waals surface area contributed by atoms with E-state index in [0.717, 1.165) is 19.4 Å². The van der Waals surface area contributed by atoms with Crippen LogP contribution >= 0.6 is 0 Å². The van der Waals surface area contributed by atoms with Crippen LogP contribution in [-0.2, 0) is 4.79 Å². The van der Waals surface area contributed by atoms with Crippen molar-refractivity contribution in [2.45, 2.75) is 53.0 Å². The molecule has 1 aliphatic heterocycles. The zero-order chi connectivity index (χ0) is 14.8. The second-order valence-corrected chi connectivity index (χ2v) is 7.06. The van der Waals surface area contributed by atoms with Crippen LogP contribution in [0.5, 0.6) is 0 Å². The first-order valence-electron chi connectivity index (χ1n) is 7.74. The Bertz CT molecular complexity index is 446. The normalized spacial score (nSPS) is 22.5. The summed E-state index contributed by atoms with van der Waals surface area (Å²) in [6, 6.07) is 10.5. The van der Waals surface area contributed by atoms with Crippen LogP contribution in [0.2, 0.25) is 0 Å². The molecule has 1 aromatic carbocycles. The number of carbonyl (C=O) groups excluding carboxylic acids is 1. The standard InChI is InChI=1S/C18H27NO/c1-14(15-8-6-5-7-9-15)19-13-12-16(18(2,3)4)10-11-17(19)20/h5-9,14,16H,10-13H2,1-4H3/t14-,16-/m0/s1. The molecule has 0 aromatic heterocycles. The molecule has 2 heteroatoms. The van der Waals surface area contributed by atoms with Gasteiger partial charge in [0.15, 0.2) is 0 Å². The van der Waals surface area contributed by atoms with E-state index in [0.29, 0.717) is 23.7 Å². The van der Waals surface area contributed by atoms with Crippen molar-refractivity contribution in [1.29, 1.82) is 0 Å². The number of carbonyl (C=O) groups is 1. The Morgan fingerprint density at radius 2 is 1.80 bits per heavy atom. The number of hydrogen-bond acceptors (Lipinski definition) is 1. The summed E-state index contributed by atoms with van der Waals surface area (Å²) in [6.07, 6.45) is 2.84. The van der Waals surface area contributed by atoms with E-state index in [1.165, 1.54) is 5.56 Å². The highest BCUT2D eigenvalue weighted by Crippen LogP contribution is 2.36. The van der Waals surface area contributed by atoms with Crippen LogP contribution < -0.4 is 0 Å². The van der Waals surface area contributed by atoms with Crippen molar-refractivity contribution in [2.75, 3.05) is 6.54 Å². The topological polar surface area (TPSA) is 20.3 Å². The number of rotatable bonds is 2. The van der Waals surface area contributed by atoms with E-state index in [1.54, 1.807) is 0 Å². The summed E-state index contributed by atoms with van der Waals surface area (Å²) in [5.74, 6) is 0.951. The van der Waals surface area contributed by atoms with E-state index < -0.39 is 0 Å². The van der Waals surface area contributed by atoms with Gasteiger partial charge in [-0.3, -0.25) is 4.79 Å². The Labute approximate surface area is 123 Å². The Morgan fingerprint density at radius 1 is 1.15 bits per heavy atom. The third kappa shape index (κ3) is 3.41. The first-order valence-corrected chi connectivity index (χ1v) is 7.74. The van der Waals surface area contributed by atoms with Crippen LogP contribution in [0.15, 0.2) is 30.3 Å². The molecule has 0 radical (unpaired) electrons. The van der Waals surface area contributed by atoms with Gasteiger partial charge >= 0.3 is 0 Å². The first-order chi connectivity index (χ1) is 9.39. The van der Waals surface area contributed by atoms with Gasteiger partial charge in [0.1, 0.15) is 0 Å². The van der Waals surface area contributed by atoms with E-state index in [1.807, 2.05) is 18.2 Å². The van der Waals surface area contributed by atoms with Gasteiger partial charge in [-0.05, 0) is 36.7 Å². The molecule has 1 amide bonds. The number of nitrogens with zero attached hydrogens (tertiary/aromatic N) is 1. The molecule has 2 atom stereocenters. The Hall–Kier alpha value is -1.31. The molecule has 0 N–H and O–H groups in total. The molecule has 2 rings (SSSR count). The maximum Gasteiger partial charge on any atom is 0.223 e. The maximum atomic E-state index is 12.4. The van der Waals surface area contributed by atoms with Gasteiger partial charge in [0, 0.05) is 13.0 Å². The van der Waals surface area contributed by atoms with Crippen molar-refractivity contribution in [3.8, 4) is 0 Å². The lowest BCUT2D eigenvalue weighted by Crippen LogP contribution is -2.33. The number of hydrogen-bond donors (Lipinski definition) is 0. The van der Waals surface area contributed by atoms with Crippen LogP contribution in [0.3, 0.4) is 0 Å². The fourth-order valence-corrected chi connectivity index (χ4v) is 3.19. The van der Waals surface area contributed by atoms with Gasteiger partial charge in [0.2, 0.25) is 5.91 Å². The number of benzene rings is 1. The van der Waals surface area contributed by atoms with E-state index in [4.69, 9.17) is 0 Å². The summed E-state index contributed by atoms with van der Waals surface area (Å²) < 4.78 is 0. The van der Waals surface area contributed by atoms with Crippen LogP contribution in [0.1, 0.15) is 58.6 Å². The fraction of sp³-hybridized carbons (Fsp3) is 0.611. The van der Waals surface area contributed by atoms with Gasteiger partial charge in [-0.2, -0.15) is 0 Å². The summed E-state index contributed by atoms with van der Waals surface area (Å²) in [4.78, 5) is 14.5. The van der Waals surface area contributed by atoms with Crippen LogP contribution in [0.25, 0.3) is 0 Å². The predicted molar refractivity (Wildman–Crippen MR) is 83.4 cm³/mol. The van der Waals surface area contributed by atoms with Crippen molar-refractivity contribution >= 4 is 5.91 Å². The first kappa shape index (κ1) is 15.1. The molecule has 1 heterocycles. The van der Waals surface area contributed by atoms with Crippen molar-refractivity contribution < 1.29 is 4.79 Å². The zero-order valence-electron chi connectivity index (χ0n) is 13.2. The molecule has 1 fully saturated rings. The minimum Gasteiger partial charge on any atom is -0.336 e. The summed E-state index contributed by atoms with van der Waals surface area (Å²) in [5.41, 5.74) is 1.53. The molecule has 0 aliphatic carbocycles. The molecule has 20 heavy (non-hydrogen) atoms. The van der Waals surface area contributed by atoms with E-state index in [-0.39, 0.29) is 6.04 Å². The van der Waals surface area contributed by atoms with Crippen molar-refractivity contribution in [1.82, 2.24) is 4.90 Å². The minimum atomic E-state index is 0.183. The van der Waals surface area contributed by atoms with Gasteiger partial charge in [-0.1, -0.05) is 51.1 Å². The highest BCUT2D eigenvalue weighted by molar-refractivity contribution is 5.77. The lowest BCUT2D eigenvalue weighted by molar-refractivity contribution is -0.132. The van der Waals surface area contributed by atoms with E-state index in [2.05, 4.69) is 44.7 Å². The van der Waals surface area contributed by atoms with Crippen LogP contribution in [-0.4, -0.2) is 17.4 Å². The highest BCUT2D eigenvalue weighted by atomic mass is 16.2. The molecule has 1 aromatic rings. The third-order valence-corrected chi connectivity index (χ3v) is 4.72. The van der Waals surface area contributed by atoms with E-state index in [9.17, 15) is 4.79 Å². The summed E-state index contributed by atoms with van der Waals surface area (Å²) in [6.45, 7) is 9.90. The smallest absolute Gasteiger partial charge is 0.223 e. The minimum absolute atomic E-state index is 0.183. The molecule has 0 bridgehead atoms. The average molecular weight is 273 g/mol. The number of amides is 1. The monoisotopic (exact) mass is 273 g/mol. The van der Waals surface area contributed by atoms with Crippen LogP contribution in [0, 0.1) is 11.3 Å². The Morgan fingerprint density at radius 3 is 2.40 bits per heavy atom. The van der Waals surface area contributed by atoms with Gasteiger partial charge in [0.25, 0.3) is 0 Å². The van der Waals surface area contributed by atoms with Crippen molar-refractivity contribution in [3.05, 3.63) is 35.9 Å². The molecular formula is C18H27NO. The lowest BCUT2D eigenvalue weighted by atomic mass is 9.76. The largest absolute Gasteiger partial charge is 0.336 e. The SMILES string of the molecule is C[C@@H](c1ccccc1)N1CC[C@@H](C(C)(C)C)CCC1=O. The quantitative estimate of drug-likeness (QED) is 0.781. The fourth-order valence-electron chi connectivity index (χ4n) is 3.19. The molecule has 2 nitrogen and oxygen atoms in total. The Balaban J connectivity index is 2.11. The average Bonchev–Trinajstić information content (AvgIpc) is 2.60. The number of likely N-dealkylation sites (tertiary alicyclic amines) is 1. The maximum absolute atomic E-state index is 12.4. The third-order valence-electron chi connectivity index (χ3n) is 4.72. The van der Waals surface area contributed by atoms with Gasteiger partial charge in [-0.25, -0.2) is 0 Å². The molecule has 1 saturated heterocycles. The molecule has 0 unspecified atom stereocenters. The lowest BCUT2D eigenvalue weighted by Gasteiger charge is -2.31. The molecular weight excluding hydrogens is 246 g/mol. The summed E-state index contributed by atoms with van der Waals surface area (Å²) in [7, 11) is 0. The summed E-state index contributed by atoms with van der Waals surface area (Å²) in [5, 5.41) is 0. The molecule has 1 aliphatic rings. The highest BCUT2D eigenvalue weighted by Gasteiger charge is 2.31. The van der Waals surface area contributed by atoms with E-state index >= 15 is 0 Å².